The van der Waals surface area contributed by atoms with E-state index in [-0.39, 0.29) is 6.04 Å². The molecule has 0 radical (unpaired) electrons. The van der Waals surface area contributed by atoms with Crippen LogP contribution in [0.4, 0.5) is 0 Å². The highest BCUT2D eigenvalue weighted by Crippen LogP contribution is 2.33. The normalized spacial score (nSPS) is 12.3. The number of benzene rings is 2. The molecule has 0 amide bonds. The first-order valence-electron chi connectivity index (χ1n) is 5.56. The molecule has 2 N–H and O–H groups in total. The van der Waals surface area contributed by atoms with Crippen LogP contribution in [0.5, 0.6) is 5.75 Å². The van der Waals surface area contributed by atoms with Crippen molar-refractivity contribution < 1.29 is 4.74 Å². The van der Waals surface area contributed by atoms with Gasteiger partial charge in [-0.05, 0) is 42.0 Å². The van der Waals surface area contributed by atoms with E-state index in [0.29, 0.717) is 10.0 Å². The molecule has 1 unspecified atom stereocenters. The van der Waals surface area contributed by atoms with Crippen molar-refractivity contribution in [3.05, 3.63) is 62.0 Å². The lowest BCUT2D eigenvalue weighted by Crippen LogP contribution is -2.13. The zero-order chi connectivity index (χ0) is 14.0. The minimum absolute atomic E-state index is 0.358. The fraction of sp³-hybridized carbons (Fsp3) is 0.143. The molecular weight excluding hydrogens is 349 g/mol. The summed E-state index contributed by atoms with van der Waals surface area (Å²) in [4.78, 5) is 0. The van der Waals surface area contributed by atoms with Crippen LogP contribution in [-0.2, 0) is 0 Å². The lowest BCUT2D eigenvalue weighted by molar-refractivity contribution is 0.407. The van der Waals surface area contributed by atoms with Crippen molar-refractivity contribution in [1.82, 2.24) is 0 Å². The summed E-state index contributed by atoms with van der Waals surface area (Å²) in [6.07, 6.45) is 0. The van der Waals surface area contributed by atoms with Gasteiger partial charge in [-0.3, -0.25) is 0 Å². The molecule has 0 aromatic heterocycles. The monoisotopic (exact) mass is 359 g/mol. The molecule has 2 aromatic rings. The third-order valence-corrected chi connectivity index (χ3v) is 3.70. The summed E-state index contributed by atoms with van der Waals surface area (Å²) in [5.74, 6) is 0.729. The summed E-state index contributed by atoms with van der Waals surface area (Å²) in [7, 11) is 1.62. The smallest absolute Gasteiger partial charge is 0.124 e. The second-order valence-electron chi connectivity index (χ2n) is 4.07. The average Bonchev–Trinajstić information content (AvgIpc) is 2.36. The highest BCUT2D eigenvalue weighted by molar-refractivity contribution is 9.10. The van der Waals surface area contributed by atoms with Crippen LogP contribution >= 0.6 is 39.1 Å². The first-order valence-corrected chi connectivity index (χ1v) is 7.11. The van der Waals surface area contributed by atoms with E-state index in [9.17, 15) is 0 Å². The number of hydrogen-bond donors (Lipinski definition) is 1. The van der Waals surface area contributed by atoms with E-state index in [2.05, 4.69) is 15.9 Å². The first kappa shape index (κ1) is 14.7. The standard InChI is InChI=1S/C14H12BrCl2NO/c1-19-13-3-2-9(15)6-12(13)14(18)8-4-10(16)7-11(17)5-8/h2-7,14H,18H2,1H3. The van der Waals surface area contributed by atoms with E-state index >= 15 is 0 Å². The Labute approximate surface area is 130 Å². The largest absolute Gasteiger partial charge is 0.496 e. The lowest BCUT2D eigenvalue weighted by atomic mass is 9.99. The number of nitrogens with two attached hydrogens (primary N) is 1. The van der Waals surface area contributed by atoms with Gasteiger partial charge in [0.2, 0.25) is 0 Å². The molecule has 0 aliphatic carbocycles. The average molecular weight is 361 g/mol. The van der Waals surface area contributed by atoms with E-state index in [1.165, 1.54) is 0 Å². The number of halogens is 3. The van der Waals surface area contributed by atoms with Gasteiger partial charge in [-0.15, -0.1) is 0 Å². The second-order valence-corrected chi connectivity index (χ2v) is 5.86. The molecule has 100 valence electrons. The Morgan fingerprint density at radius 1 is 1.11 bits per heavy atom. The maximum atomic E-state index is 6.28. The van der Waals surface area contributed by atoms with Gasteiger partial charge in [-0.2, -0.15) is 0 Å². The van der Waals surface area contributed by atoms with Crippen LogP contribution in [0.3, 0.4) is 0 Å². The molecule has 2 nitrogen and oxygen atoms in total. The summed E-state index contributed by atoms with van der Waals surface area (Å²) in [6.45, 7) is 0. The van der Waals surface area contributed by atoms with Crippen LogP contribution in [0.25, 0.3) is 0 Å². The molecule has 0 aliphatic heterocycles. The molecular formula is C14H12BrCl2NO. The minimum atomic E-state index is -0.358. The van der Waals surface area contributed by atoms with Crippen LogP contribution < -0.4 is 10.5 Å². The van der Waals surface area contributed by atoms with Crippen LogP contribution in [-0.4, -0.2) is 7.11 Å². The van der Waals surface area contributed by atoms with E-state index in [4.69, 9.17) is 33.7 Å². The Morgan fingerprint density at radius 2 is 1.74 bits per heavy atom. The predicted molar refractivity (Wildman–Crippen MR) is 83.2 cm³/mol. The van der Waals surface area contributed by atoms with Crippen molar-refractivity contribution in [3.8, 4) is 5.75 Å². The highest BCUT2D eigenvalue weighted by atomic mass is 79.9. The van der Waals surface area contributed by atoms with Gasteiger partial charge in [0.05, 0.1) is 13.2 Å². The van der Waals surface area contributed by atoms with Crippen molar-refractivity contribution in [3.63, 3.8) is 0 Å². The van der Waals surface area contributed by atoms with Crippen molar-refractivity contribution in [1.29, 1.82) is 0 Å². The topological polar surface area (TPSA) is 35.2 Å². The lowest BCUT2D eigenvalue weighted by Gasteiger charge is -2.17. The minimum Gasteiger partial charge on any atom is -0.496 e. The van der Waals surface area contributed by atoms with Gasteiger partial charge in [0, 0.05) is 20.1 Å². The molecule has 0 heterocycles. The fourth-order valence-corrected chi connectivity index (χ4v) is 2.80. The number of hydrogen-bond acceptors (Lipinski definition) is 2. The number of ether oxygens (including phenoxy) is 1. The second kappa shape index (κ2) is 6.14. The van der Waals surface area contributed by atoms with Crippen molar-refractivity contribution >= 4 is 39.1 Å². The van der Waals surface area contributed by atoms with Gasteiger partial charge >= 0.3 is 0 Å². The zero-order valence-electron chi connectivity index (χ0n) is 10.2. The molecule has 5 heteroatoms. The van der Waals surface area contributed by atoms with Crippen molar-refractivity contribution in [2.45, 2.75) is 6.04 Å². The number of methoxy groups -OCH3 is 1. The van der Waals surface area contributed by atoms with E-state index < -0.39 is 0 Å². The van der Waals surface area contributed by atoms with Gasteiger partial charge < -0.3 is 10.5 Å². The predicted octanol–water partition coefficient (Wildman–Crippen LogP) is 4.81. The SMILES string of the molecule is COc1ccc(Br)cc1C(N)c1cc(Cl)cc(Cl)c1. The molecule has 0 saturated carbocycles. The van der Waals surface area contributed by atoms with Crippen LogP contribution in [0, 0.1) is 0 Å². The fourth-order valence-electron chi connectivity index (χ4n) is 1.88. The van der Waals surface area contributed by atoms with Crippen molar-refractivity contribution in [2.75, 3.05) is 7.11 Å². The summed E-state index contributed by atoms with van der Waals surface area (Å²) >= 11 is 15.4. The van der Waals surface area contributed by atoms with Gasteiger partial charge in [-0.1, -0.05) is 39.1 Å². The van der Waals surface area contributed by atoms with Crippen LogP contribution in [0.15, 0.2) is 40.9 Å². The van der Waals surface area contributed by atoms with Gasteiger partial charge in [0.15, 0.2) is 0 Å². The molecule has 0 saturated heterocycles. The molecule has 19 heavy (non-hydrogen) atoms. The van der Waals surface area contributed by atoms with Gasteiger partial charge in [0.1, 0.15) is 5.75 Å². The molecule has 0 bridgehead atoms. The first-order chi connectivity index (χ1) is 9.01. The maximum Gasteiger partial charge on any atom is 0.124 e. The zero-order valence-corrected chi connectivity index (χ0v) is 13.3. The molecule has 0 fully saturated rings. The Hall–Kier alpha value is -0.740. The summed E-state index contributed by atoms with van der Waals surface area (Å²) < 4.78 is 6.27. The van der Waals surface area contributed by atoms with E-state index in [1.54, 1.807) is 25.3 Å². The van der Waals surface area contributed by atoms with Crippen LogP contribution in [0.1, 0.15) is 17.2 Å². The third kappa shape index (κ3) is 3.42. The van der Waals surface area contributed by atoms with E-state index in [1.807, 2.05) is 18.2 Å². The molecule has 1 atom stereocenters. The van der Waals surface area contributed by atoms with E-state index in [0.717, 1.165) is 21.3 Å². The molecule has 2 aromatic carbocycles. The number of rotatable bonds is 3. The molecule has 0 spiro atoms. The molecule has 0 aliphatic rings. The quantitative estimate of drug-likeness (QED) is 0.852. The Kier molecular flexibility index (Phi) is 4.74. The van der Waals surface area contributed by atoms with Crippen LogP contribution in [0.2, 0.25) is 10.0 Å². The Morgan fingerprint density at radius 3 is 2.32 bits per heavy atom. The highest BCUT2D eigenvalue weighted by Gasteiger charge is 2.15. The Bertz CT molecular complexity index is 584. The maximum absolute atomic E-state index is 6.28. The van der Waals surface area contributed by atoms with Gasteiger partial charge in [-0.25, -0.2) is 0 Å². The summed E-state index contributed by atoms with van der Waals surface area (Å²) in [5, 5.41) is 1.12. The van der Waals surface area contributed by atoms with Gasteiger partial charge in [0.25, 0.3) is 0 Å². The summed E-state index contributed by atoms with van der Waals surface area (Å²) in [5.41, 5.74) is 7.99. The molecule has 2 rings (SSSR count). The third-order valence-electron chi connectivity index (χ3n) is 2.77. The Balaban J connectivity index is 2.48. The van der Waals surface area contributed by atoms with Crippen molar-refractivity contribution in [2.24, 2.45) is 5.73 Å². The summed E-state index contributed by atoms with van der Waals surface area (Å²) in [6, 6.07) is 10.6.